The third-order valence-corrected chi connectivity index (χ3v) is 6.89. The number of aromatic nitrogens is 3. The molecule has 2 N–H and O–H groups in total. The molecule has 5 rings (SSSR count). The van der Waals surface area contributed by atoms with Gasteiger partial charge in [-0.2, -0.15) is 4.68 Å². The van der Waals surface area contributed by atoms with Crippen molar-refractivity contribution >= 4 is 17.5 Å². The van der Waals surface area contributed by atoms with Gasteiger partial charge < -0.3 is 24.5 Å². The van der Waals surface area contributed by atoms with E-state index in [2.05, 4.69) is 15.2 Å². The highest BCUT2D eigenvalue weighted by molar-refractivity contribution is 5.73. The molecule has 40 heavy (non-hydrogen) atoms. The first-order chi connectivity index (χ1) is 19.1. The molecule has 2 aliphatic rings. The first-order valence-corrected chi connectivity index (χ1v) is 12.6. The maximum Gasteiger partial charge on any atom is 0.573 e. The lowest BCUT2D eigenvalue weighted by atomic mass is 10.2. The molecule has 0 bridgehead atoms. The van der Waals surface area contributed by atoms with Crippen molar-refractivity contribution in [3.8, 4) is 11.4 Å². The molecule has 11 nitrogen and oxygen atoms in total. The second kappa shape index (κ2) is 11.1. The quantitative estimate of drug-likeness (QED) is 0.426. The van der Waals surface area contributed by atoms with Crippen molar-refractivity contribution in [1.82, 2.24) is 19.2 Å². The molecule has 2 aromatic heterocycles. The van der Waals surface area contributed by atoms with E-state index in [1.54, 1.807) is 23.2 Å². The van der Waals surface area contributed by atoms with Gasteiger partial charge in [-0.25, -0.2) is 0 Å². The lowest BCUT2D eigenvalue weighted by Gasteiger charge is -2.32. The summed E-state index contributed by atoms with van der Waals surface area (Å²) in [6.07, 6.45) is -1.44. The van der Waals surface area contributed by atoms with Crippen LogP contribution >= 0.6 is 0 Å². The second-order valence-electron chi connectivity index (χ2n) is 9.43. The van der Waals surface area contributed by atoms with E-state index in [1.165, 1.54) is 16.7 Å². The number of nitrogens with one attached hydrogen (secondary N) is 1. The minimum Gasteiger partial charge on any atom is -0.480 e. The van der Waals surface area contributed by atoms with Gasteiger partial charge in [-0.3, -0.25) is 19.3 Å². The van der Waals surface area contributed by atoms with Crippen molar-refractivity contribution in [3.63, 3.8) is 0 Å². The van der Waals surface area contributed by atoms with Crippen LogP contribution in [0.1, 0.15) is 17.5 Å². The Balaban J connectivity index is 1.41. The van der Waals surface area contributed by atoms with Crippen LogP contribution in [0.5, 0.6) is 5.75 Å². The van der Waals surface area contributed by atoms with Crippen molar-refractivity contribution in [1.29, 1.82) is 0 Å². The molecule has 0 spiro atoms. The molecule has 1 aliphatic carbocycles. The number of fused-ring (bicyclic) bond motifs is 1. The normalized spacial score (nSPS) is 17.4. The number of ether oxygens (including phenoxy) is 2. The van der Waals surface area contributed by atoms with Gasteiger partial charge in [0, 0.05) is 37.0 Å². The Morgan fingerprint density at radius 3 is 2.58 bits per heavy atom. The van der Waals surface area contributed by atoms with Crippen molar-refractivity contribution in [2.24, 2.45) is 0 Å². The molecule has 1 aromatic carbocycles. The zero-order chi connectivity index (χ0) is 28.4. The minimum atomic E-state index is -4.84. The molecule has 1 saturated heterocycles. The largest absolute Gasteiger partial charge is 0.573 e. The van der Waals surface area contributed by atoms with Gasteiger partial charge in [0.2, 0.25) is 0 Å². The molecule has 3 heterocycles. The molecule has 1 fully saturated rings. The van der Waals surface area contributed by atoms with Crippen LogP contribution in [0.15, 0.2) is 52.2 Å². The number of carbonyl (C=O) groups is 1. The van der Waals surface area contributed by atoms with Crippen LogP contribution in [0.4, 0.5) is 24.7 Å². The zero-order valence-corrected chi connectivity index (χ0v) is 21.2. The number of hydrogen-bond donors (Lipinski definition) is 2. The summed E-state index contributed by atoms with van der Waals surface area (Å²) in [5, 5.41) is 16.9. The molecule has 0 amide bonds. The Kier molecular flexibility index (Phi) is 7.63. The molecule has 1 atom stereocenters. The molecular weight excluding hydrogens is 535 g/mol. The summed E-state index contributed by atoms with van der Waals surface area (Å²) in [4.78, 5) is 39.7. The number of hydrogen-bond acceptors (Lipinski definition) is 8. The van der Waals surface area contributed by atoms with Crippen LogP contribution in [-0.4, -0.2) is 69.0 Å². The van der Waals surface area contributed by atoms with Crippen LogP contribution in [0.3, 0.4) is 0 Å². The monoisotopic (exact) mass is 561 g/mol. The summed E-state index contributed by atoms with van der Waals surface area (Å²) in [7, 11) is 0. The van der Waals surface area contributed by atoms with Gasteiger partial charge in [0.15, 0.2) is 5.82 Å². The van der Waals surface area contributed by atoms with E-state index < -0.39 is 24.1 Å². The van der Waals surface area contributed by atoms with Crippen LogP contribution in [0, 0.1) is 0 Å². The zero-order valence-electron chi connectivity index (χ0n) is 21.2. The second-order valence-corrected chi connectivity index (χ2v) is 9.43. The summed E-state index contributed by atoms with van der Waals surface area (Å²) >= 11 is 0. The minimum absolute atomic E-state index is 0.0798. The first-order valence-electron chi connectivity index (χ1n) is 12.6. The Bertz CT molecular complexity index is 1520. The van der Waals surface area contributed by atoms with Crippen molar-refractivity contribution in [2.75, 3.05) is 31.6 Å². The van der Waals surface area contributed by atoms with Crippen molar-refractivity contribution in [2.45, 2.75) is 38.2 Å². The Morgan fingerprint density at radius 2 is 1.85 bits per heavy atom. The van der Waals surface area contributed by atoms with Gasteiger partial charge in [-0.15, -0.1) is 18.3 Å². The number of benzene rings is 1. The lowest BCUT2D eigenvalue weighted by Crippen LogP contribution is -2.51. The van der Waals surface area contributed by atoms with Gasteiger partial charge in [0.25, 0.3) is 11.1 Å². The van der Waals surface area contributed by atoms with Gasteiger partial charge >= 0.3 is 12.3 Å². The van der Waals surface area contributed by atoms with E-state index in [0.717, 1.165) is 16.8 Å². The SMILES string of the molecule is O=C(O)C1COCCN1CCn1cccc(Nc2nn(-c3ccc(OC(F)(F)F)cc3)c(=O)c3c2CCC3)c1=O. The number of halogens is 3. The third kappa shape index (κ3) is 5.87. The fraction of sp³-hybridized carbons (Fsp3) is 0.385. The number of nitrogens with zero attached hydrogens (tertiary/aromatic N) is 4. The van der Waals surface area contributed by atoms with Crippen LogP contribution in [0.25, 0.3) is 5.69 Å². The van der Waals surface area contributed by atoms with Gasteiger partial charge in [-0.1, -0.05) is 0 Å². The van der Waals surface area contributed by atoms with Crippen molar-refractivity contribution in [3.05, 3.63) is 74.4 Å². The first kappa shape index (κ1) is 27.4. The highest BCUT2D eigenvalue weighted by Crippen LogP contribution is 2.28. The van der Waals surface area contributed by atoms with E-state index in [1.807, 2.05) is 0 Å². The molecule has 14 heteroatoms. The fourth-order valence-electron chi connectivity index (χ4n) is 4.94. The van der Waals surface area contributed by atoms with E-state index in [0.29, 0.717) is 55.9 Å². The number of rotatable bonds is 8. The molecule has 1 aliphatic heterocycles. The number of aliphatic carboxylic acids is 1. The van der Waals surface area contributed by atoms with E-state index >= 15 is 0 Å². The van der Waals surface area contributed by atoms with E-state index in [-0.39, 0.29) is 35.6 Å². The van der Waals surface area contributed by atoms with Gasteiger partial charge in [0.1, 0.15) is 17.5 Å². The summed E-state index contributed by atoms with van der Waals surface area (Å²) in [5.41, 5.74) is 0.914. The number of pyridine rings is 1. The van der Waals surface area contributed by atoms with Crippen LogP contribution in [-0.2, 0) is 28.9 Å². The molecule has 0 saturated carbocycles. The Hall–Kier alpha value is -4.17. The number of carboxylic acid groups (broad SMARTS) is 1. The topological polar surface area (TPSA) is 128 Å². The maximum atomic E-state index is 13.3. The fourth-order valence-corrected chi connectivity index (χ4v) is 4.94. The summed E-state index contributed by atoms with van der Waals surface area (Å²) in [6, 6.07) is 7.25. The van der Waals surface area contributed by atoms with Gasteiger partial charge in [-0.05, 0) is 55.7 Å². The number of carboxylic acids is 1. The van der Waals surface area contributed by atoms with E-state index in [4.69, 9.17) is 4.74 Å². The standard InChI is InChI=1S/C26H26F3N5O6/c27-26(28,29)40-17-8-6-16(7-9-17)34-23(35)19-4-1-3-18(19)22(31-34)30-20-5-2-10-33(24(20)36)12-11-32-13-14-39-15-21(32)25(37)38/h2,5-10,21H,1,3-4,11-15H2,(H,30,31)(H,37,38). The van der Waals surface area contributed by atoms with Crippen LogP contribution < -0.4 is 21.2 Å². The highest BCUT2D eigenvalue weighted by Gasteiger charge is 2.31. The number of alkyl halides is 3. The number of anilines is 2. The molecule has 0 radical (unpaired) electrons. The molecule has 212 valence electrons. The summed E-state index contributed by atoms with van der Waals surface area (Å²) in [5.74, 6) is -1.11. The predicted octanol–water partition coefficient (Wildman–Crippen LogP) is 2.31. The number of morpholine rings is 1. The average Bonchev–Trinajstić information content (AvgIpc) is 3.41. The molecular formula is C26H26F3N5O6. The Labute approximate surface area is 225 Å². The molecule has 1 unspecified atom stereocenters. The van der Waals surface area contributed by atoms with Crippen LogP contribution in [0.2, 0.25) is 0 Å². The third-order valence-electron chi connectivity index (χ3n) is 6.89. The predicted molar refractivity (Wildman–Crippen MR) is 136 cm³/mol. The molecule has 3 aromatic rings. The van der Waals surface area contributed by atoms with Gasteiger partial charge in [0.05, 0.1) is 18.9 Å². The average molecular weight is 562 g/mol. The smallest absolute Gasteiger partial charge is 0.480 e. The highest BCUT2D eigenvalue weighted by atomic mass is 19.4. The summed E-state index contributed by atoms with van der Waals surface area (Å²) in [6.45, 7) is 1.50. The van der Waals surface area contributed by atoms with E-state index in [9.17, 15) is 32.7 Å². The summed E-state index contributed by atoms with van der Waals surface area (Å²) < 4.78 is 49.3. The Morgan fingerprint density at radius 1 is 1.10 bits per heavy atom. The lowest BCUT2D eigenvalue weighted by molar-refractivity contribution is -0.274. The van der Waals surface area contributed by atoms with Crippen molar-refractivity contribution < 1.29 is 32.5 Å². The maximum absolute atomic E-state index is 13.3.